The van der Waals surface area contributed by atoms with Crippen molar-refractivity contribution in [1.29, 1.82) is 0 Å². The largest absolute Gasteiger partial charge is 0.545 e. The van der Waals surface area contributed by atoms with E-state index in [1.54, 1.807) is 0 Å². The van der Waals surface area contributed by atoms with E-state index < -0.39 is 51.0 Å². The van der Waals surface area contributed by atoms with E-state index in [9.17, 15) is 34.3 Å². The average molecular weight is 334 g/mol. The molecule has 0 amide bonds. The first kappa shape index (κ1) is 17.1. The molecule has 0 saturated carbocycles. The molecule has 0 saturated heterocycles. The lowest BCUT2D eigenvalue weighted by atomic mass is 9.80. The highest BCUT2D eigenvalue weighted by Gasteiger charge is 2.34. The van der Waals surface area contributed by atoms with Crippen LogP contribution in [0.4, 0.5) is 10.1 Å². The fourth-order valence-corrected chi connectivity index (χ4v) is 2.75. The third kappa shape index (κ3) is 2.71. The summed E-state index contributed by atoms with van der Waals surface area (Å²) in [5, 5.41) is 36.4. The molecule has 1 aliphatic rings. The topological polar surface area (TPSA) is 135 Å². The second kappa shape index (κ2) is 6.11. The van der Waals surface area contributed by atoms with E-state index in [2.05, 4.69) is 5.32 Å². The first-order chi connectivity index (χ1) is 11.2. The Labute approximate surface area is 135 Å². The number of carboxylic acid groups (broad SMARTS) is 2. The summed E-state index contributed by atoms with van der Waals surface area (Å²) in [5.74, 6) is -6.35. The molecule has 1 N–H and O–H groups in total. The number of nitrogens with one attached hydrogen (secondary N) is 1. The maximum absolute atomic E-state index is 14.5. The number of nitrogens with zero attached hydrogens (tertiary/aromatic N) is 1. The van der Waals surface area contributed by atoms with Gasteiger partial charge < -0.3 is 25.1 Å². The minimum absolute atomic E-state index is 0.0495. The molecule has 8 nitrogen and oxygen atoms in total. The molecule has 1 aliphatic heterocycles. The van der Waals surface area contributed by atoms with E-state index in [1.165, 1.54) is 13.8 Å². The van der Waals surface area contributed by atoms with Crippen LogP contribution in [0.2, 0.25) is 0 Å². The van der Waals surface area contributed by atoms with Gasteiger partial charge in [-0.05, 0) is 13.8 Å². The first-order valence-electron chi connectivity index (χ1n) is 6.70. The molecule has 24 heavy (non-hydrogen) atoms. The predicted octanol–water partition coefficient (Wildman–Crippen LogP) is -0.531. The van der Waals surface area contributed by atoms with Crippen LogP contribution in [0.3, 0.4) is 0 Å². The van der Waals surface area contributed by atoms with Gasteiger partial charge in [-0.2, -0.15) is 4.39 Å². The molecule has 2 rings (SSSR count). The lowest BCUT2D eigenvalue weighted by Gasteiger charge is -2.33. The fourth-order valence-electron chi connectivity index (χ4n) is 2.75. The number of carbonyl (C=O) groups is 2. The summed E-state index contributed by atoms with van der Waals surface area (Å²) in [6, 6.07) is 3.12. The van der Waals surface area contributed by atoms with E-state index in [1.807, 2.05) is 0 Å². The van der Waals surface area contributed by atoms with Crippen LogP contribution >= 0.6 is 0 Å². The molecule has 9 heteroatoms. The Morgan fingerprint density at radius 1 is 1.12 bits per heavy atom. The second-order valence-corrected chi connectivity index (χ2v) is 5.15. The number of dihydropyridines is 1. The third-order valence-electron chi connectivity index (χ3n) is 3.72. The normalized spacial score (nSPS) is 15.3. The summed E-state index contributed by atoms with van der Waals surface area (Å²) in [6.07, 6.45) is 0. The maximum Gasteiger partial charge on any atom is 0.305 e. The summed E-state index contributed by atoms with van der Waals surface area (Å²) in [4.78, 5) is 32.8. The number of carboxylic acids is 2. The number of allylic oxidation sites excluding steroid dienone is 2. The van der Waals surface area contributed by atoms with Crippen molar-refractivity contribution in [3.8, 4) is 0 Å². The van der Waals surface area contributed by atoms with Crippen molar-refractivity contribution in [2.45, 2.75) is 19.8 Å². The SMILES string of the molecule is CC1=C(C(=O)[O-])C(c2cccc([N+](=O)[O-])c2F)C(C(=O)[O-])=C(C)N1. The molecule has 0 unspecified atom stereocenters. The highest BCUT2D eigenvalue weighted by molar-refractivity contribution is 5.97. The van der Waals surface area contributed by atoms with Gasteiger partial charge in [-0.1, -0.05) is 12.1 Å². The summed E-state index contributed by atoms with van der Waals surface area (Å²) in [7, 11) is 0. The van der Waals surface area contributed by atoms with Crippen LogP contribution in [0.15, 0.2) is 40.7 Å². The number of aliphatic carboxylic acids is 2. The minimum atomic E-state index is -1.72. The molecule has 0 bridgehead atoms. The first-order valence-corrected chi connectivity index (χ1v) is 6.70. The number of halogens is 1. The predicted molar refractivity (Wildman–Crippen MR) is 74.3 cm³/mol. The Morgan fingerprint density at radius 2 is 1.62 bits per heavy atom. The number of benzene rings is 1. The van der Waals surface area contributed by atoms with Gasteiger partial charge in [-0.25, -0.2) is 0 Å². The molecule has 0 radical (unpaired) electrons. The van der Waals surface area contributed by atoms with Crippen LogP contribution in [0.25, 0.3) is 0 Å². The van der Waals surface area contributed by atoms with Crippen LogP contribution in [-0.4, -0.2) is 16.9 Å². The van der Waals surface area contributed by atoms with Crippen molar-refractivity contribution < 1.29 is 29.1 Å². The maximum atomic E-state index is 14.5. The van der Waals surface area contributed by atoms with Crippen molar-refractivity contribution in [3.05, 3.63) is 62.2 Å². The Hall–Kier alpha value is -3.23. The number of hydrogen-bond donors (Lipinski definition) is 1. The van der Waals surface area contributed by atoms with Gasteiger partial charge in [0.05, 0.1) is 16.9 Å². The van der Waals surface area contributed by atoms with Gasteiger partial charge in [0, 0.05) is 40.1 Å². The molecule has 126 valence electrons. The quantitative estimate of drug-likeness (QED) is 0.577. The summed E-state index contributed by atoms with van der Waals surface area (Å²) in [6.45, 7) is 2.70. The van der Waals surface area contributed by atoms with Crippen molar-refractivity contribution >= 4 is 17.6 Å². The van der Waals surface area contributed by atoms with Gasteiger partial charge in [0.1, 0.15) is 0 Å². The van der Waals surface area contributed by atoms with Crippen LogP contribution in [0.5, 0.6) is 0 Å². The smallest absolute Gasteiger partial charge is 0.305 e. The Kier molecular flexibility index (Phi) is 4.36. The highest BCUT2D eigenvalue weighted by atomic mass is 19.1. The summed E-state index contributed by atoms with van der Waals surface area (Å²) < 4.78 is 14.5. The number of hydrogen-bond acceptors (Lipinski definition) is 7. The van der Waals surface area contributed by atoms with Crippen molar-refractivity contribution in [2.75, 3.05) is 0 Å². The van der Waals surface area contributed by atoms with E-state index in [0.29, 0.717) is 0 Å². The molecule has 0 spiro atoms. The molecule has 0 aliphatic carbocycles. The monoisotopic (exact) mass is 334 g/mol. The zero-order chi connectivity index (χ0) is 18.2. The Balaban J connectivity index is 2.81. The van der Waals surface area contributed by atoms with Crippen molar-refractivity contribution in [3.63, 3.8) is 0 Å². The third-order valence-corrected chi connectivity index (χ3v) is 3.72. The van der Waals surface area contributed by atoms with E-state index >= 15 is 0 Å². The van der Waals surface area contributed by atoms with Gasteiger partial charge in [-0.3, -0.25) is 10.1 Å². The molecular formula is C15H11FN2O6-2. The standard InChI is InChI=1S/C15H13FN2O6/c1-6-10(14(19)20)12(11(15(21)22)7(2)17-6)8-4-3-5-9(13(8)16)18(23)24/h3-5,12,17H,1-2H3,(H,19,20)(H,21,22)/p-2. The van der Waals surface area contributed by atoms with Gasteiger partial charge in [-0.15, -0.1) is 0 Å². The zero-order valence-corrected chi connectivity index (χ0v) is 12.6. The number of nitro groups is 1. The molecular weight excluding hydrogens is 323 g/mol. The fraction of sp³-hybridized carbons (Fsp3) is 0.200. The zero-order valence-electron chi connectivity index (χ0n) is 12.6. The second-order valence-electron chi connectivity index (χ2n) is 5.15. The van der Waals surface area contributed by atoms with Gasteiger partial charge in [0.25, 0.3) is 0 Å². The highest BCUT2D eigenvalue weighted by Crippen LogP contribution is 2.40. The van der Waals surface area contributed by atoms with Crippen LogP contribution in [-0.2, 0) is 9.59 Å². The van der Waals surface area contributed by atoms with Gasteiger partial charge in [0.2, 0.25) is 5.82 Å². The molecule has 0 fully saturated rings. The lowest BCUT2D eigenvalue weighted by Crippen LogP contribution is -2.40. The van der Waals surface area contributed by atoms with Crippen molar-refractivity contribution in [1.82, 2.24) is 5.32 Å². The van der Waals surface area contributed by atoms with Crippen LogP contribution < -0.4 is 15.5 Å². The van der Waals surface area contributed by atoms with E-state index in [4.69, 9.17) is 0 Å². The molecule has 1 aromatic rings. The van der Waals surface area contributed by atoms with Crippen LogP contribution in [0, 0.1) is 15.9 Å². The number of nitro benzene ring substituents is 1. The van der Waals surface area contributed by atoms with Crippen LogP contribution in [0.1, 0.15) is 25.3 Å². The Morgan fingerprint density at radius 3 is 2.04 bits per heavy atom. The molecule has 0 atom stereocenters. The van der Waals surface area contributed by atoms with E-state index in [0.717, 1.165) is 18.2 Å². The Bertz CT molecular complexity index is 791. The van der Waals surface area contributed by atoms with Gasteiger partial charge >= 0.3 is 5.69 Å². The van der Waals surface area contributed by atoms with E-state index in [-0.39, 0.29) is 11.4 Å². The molecule has 1 aromatic carbocycles. The van der Waals surface area contributed by atoms with Gasteiger partial charge in [0.15, 0.2) is 0 Å². The molecule has 1 heterocycles. The minimum Gasteiger partial charge on any atom is -0.545 e. The summed E-state index contributed by atoms with van der Waals surface area (Å²) >= 11 is 0. The molecule has 0 aromatic heterocycles. The number of rotatable bonds is 4. The summed E-state index contributed by atoms with van der Waals surface area (Å²) in [5.41, 5.74) is -2.31. The number of carbonyl (C=O) groups excluding carboxylic acids is 2. The van der Waals surface area contributed by atoms with Crippen molar-refractivity contribution in [2.24, 2.45) is 0 Å². The average Bonchev–Trinajstić information content (AvgIpc) is 2.45. The lowest BCUT2D eigenvalue weighted by molar-refractivity contribution is -0.387.